The van der Waals surface area contributed by atoms with Gasteiger partial charge in [0.15, 0.2) is 17.5 Å². The first kappa shape index (κ1) is 32.7. The maximum absolute atomic E-state index is 6.82. The highest BCUT2D eigenvalue weighted by Crippen LogP contribution is 2.42. The normalized spacial score (nSPS) is 11.5. The van der Waals surface area contributed by atoms with Crippen LogP contribution in [-0.2, 0) is 0 Å². The predicted octanol–water partition coefficient (Wildman–Crippen LogP) is 14.1. The lowest BCUT2D eigenvalue weighted by Gasteiger charge is -2.12. The molecule has 2 heterocycles. The van der Waals surface area contributed by atoms with E-state index in [0.717, 1.165) is 71.7 Å². The van der Waals surface area contributed by atoms with Crippen LogP contribution in [-0.4, -0.2) is 15.0 Å². The molecule has 0 saturated carbocycles. The second-order valence-electron chi connectivity index (χ2n) is 14.4. The zero-order valence-corrected chi connectivity index (χ0v) is 30.8. The Morgan fingerprint density at radius 2 is 0.842 bits per heavy atom. The van der Waals surface area contributed by atoms with Crippen LogP contribution >= 0.6 is 0 Å². The van der Waals surface area contributed by atoms with Crippen molar-refractivity contribution in [1.82, 2.24) is 15.0 Å². The number of furan rings is 1. The van der Waals surface area contributed by atoms with E-state index in [-0.39, 0.29) is 0 Å². The summed E-state index contributed by atoms with van der Waals surface area (Å²) in [4.78, 5) is 15.6. The quantitative estimate of drug-likeness (QED) is 0.171. The highest BCUT2D eigenvalue weighted by molar-refractivity contribution is 6.21. The number of benzene rings is 9. The third-order valence-electron chi connectivity index (χ3n) is 10.9. The Morgan fingerprint density at radius 3 is 1.63 bits per heavy atom. The van der Waals surface area contributed by atoms with E-state index >= 15 is 0 Å². The smallest absolute Gasteiger partial charge is 0.167 e. The highest BCUT2D eigenvalue weighted by atomic mass is 16.3. The van der Waals surface area contributed by atoms with Gasteiger partial charge in [-0.05, 0) is 85.3 Å². The average molecular weight is 728 g/mol. The minimum Gasteiger partial charge on any atom is -0.455 e. The summed E-state index contributed by atoms with van der Waals surface area (Å²) < 4.78 is 6.82. The predicted molar refractivity (Wildman–Crippen MR) is 235 cm³/mol. The Balaban J connectivity index is 1.14. The van der Waals surface area contributed by atoms with Gasteiger partial charge >= 0.3 is 0 Å². The van der Waals surface area contributed by atoms with Gasteiger partial charge in [0.2, 0.25) is 0 Å². The third kappa shape index (κ3) is 5.92. The third-order valence-corrected chi connectivity index (χ3v) is 10.9. The summed E-state index contributed by atoms with van der Waals surface area (Å²) in [5, 5.41) is 6.81. The molecule has 0 N–H and O–H groups in total. The molecule has 9 aromatic carbocycles. The van der Waals surface area contributed by atoms with Gasteiger partial charge < -0.3 is 4.42 Å². The summed E-state index contributed by atoms with van der Waals surface area (Å²) in [6, 6.07) is 70.0. The van der Waals surface area contributed by atoms with E-state index in [1.165, 1.54) is 21.9 Å². The summed E-state index contributed by atoms with van der Waals surface area (Å²) in [5.74, 6) is 1.74. The van der Waals surface area contributed by atoms with Crippen molar-refractivity contribution in [2.45, 2.75) is 0 Å². The number of fused-ring (bicyclic) bond motifs is 6. The number of rotatable bonds is 6. The van der Waals surface area contributed by atoms with Gasteiger partial charge in [0, 0.05) is 21.9 Å². The largest absolute Gasteiger partial charge is 0.455 e. The van der Waals surface area contributed by atoms with E-state index in [9.17, 15) is 0 Å². The van der Waals surface area contributed by atoms with Gasteiger partial charge in [-0.25, -0.2) is 15.0 Å². The molecule has 0 aliphatic rings. The molecule has 0 unspecified atom stereocenters. The monoisotopic (exact) mass is 727 g/mol. The minimum absolute atomic E-state index is 0.547. The van der Waals surface area contributed by atoms with Crippen molar-refractivity contribution in [2.75, 3.05) is 0 Å². The van der Waals surface area contributed by atoms with Crippen LogP contribution < -0.4 is 0 Å². The molecule has 0 radical (unpaired) electrons. The summed E-state index contributed by atoms with van der Waals surface area (Å²) >= 11 is 0. The van der Waals surface area contributed by atoms with Gasteiger partial charge in [-0.3, -0.25) is 0 Å². The van der Waals surface area contributed by atoms with Crippen molar-refractivity contribution < 1.29 is 4.42 Å². The first-order valence-corrected chi connectivity index (χ1v) is 19.2. The standard InChI is InChI=1S/C53H33N3O/c1-3-12-34(13-4-1)36-22-24-37(25-23-36)44-32-46-49-45-21-10-9-15-38(45)28-29-48(49)57-50(46)47(33-44)53-55-51(39-16-5-2-6-17-39)54-52(56-53)43-20-11-19-41(31-43)42-27-26-35-14-7-8-18-40(35)30-42/h1-33H. The van der Waals surface area contributed by atoms with Crippen LogP contribution in [0.2, 0.25) is 0 Å². The van der Waals surface area contributed by atoms with Crippen molar-refractivity contribution >= 4 is 43.5 Å². The summed E-state index contributed by atoms with van der Waals surface area (Å²) in [6.07, 6.45) is 0. The van der Waals surface area contributed by atoms with Gasteiger partial charge in [-0.15, -0.1) is 0 Å². The van der Waals surface area contributed by atoms with Gasteiger partial charge in [-0.1, -0.05) is 170 Å². The molecule has 57 heavy (non-hydrogen) atoms. The van der Waals surface area contributed by atoms with E-state index in [1.807, 2.05) is 36.4 Å². The molecule has 0 atom stereocenters. The van der Waals surface area contributed by atoms with Crippen LogP contribution in [0.25, 0.3) is 111 Å². The maximum atomic E-state index is 6.82. The van der Waals surface area contributed by atoms with Crippen LogP contribution in [0.1, 0.15) is 0 Å². The van der Waals surface area contributed by atoms with Gasteiger partial charge in [-0.2, -0.15) is 0 Å². The first-order valence-electron chi connectivity index (χ1n) is 19.2. The van der Waals surface area contributed by atoms with E-state index in [4.69, 9.17) is 19.4 Å². The lowest BCUT2D eigenvalue weighted by Crippen LogP contribution is -2.00. The van der Waals surface area contributed by atoms with E-state index in [1.54, 1.807) is 0 Å². The van der Waals surface area contributed by atoms with Crippen LogP contribution in [0.15, 0.2) is 205 Å². The average Bonchev–Trinajstić information content (AvgIpc) is 3.68. The number of hydrogen-bond donors (Lipinski definition) is 0. The molecule has 0 fully saturated rings. The molecule has 2 aromatic heterocycles. The van der Waals surface area contributed by atoms with E-state index < -0.39 is 0 Å². The van der Waals surface area contributed by atoms with Crippen molar-refractivity contribution in [2.24, 2.45) is 0 Å². The Hall–Kier alpha value is -7.69. The number of hydrogen-bond acceptors (Lipinski definition) is 4. The van der Waals surface area contributed by atoms with Gasteiger partial charge in [0.05, 0.1) is 5.56 Å². The second kappa shape index (κ2) is 13.6. The van der Waals surface area contributed by atoms with Crippen molar-refractivity contribution in [3.05, 3.63) is 200 Å². The van der Waals surface area contributed by atoms with Crippen LogP contribution in [0.4, 0.5) is 0 Å². The van der Waals surface area contributed by atoms with Gasteiger partial charge in [0.1, 0.15) is 11.2 Å². The molecule has 0 aliphatic carbocycles. The number of aromatic nitrogens is 3. The lowest BCUT2D eigenvalue weighted by molar-refractivity contribution is 0.670. The molecule has 11 aromatic rings. The van der Waals surface area contributed by atoms with Crippen molar-refractivity contribution in [3.8, 4) is 67.5 Å². The first-order chi connectivity index (χ1) is 28.2. The zero-order chi connectivity index (χ0) is 37.7. The SMILES string of the molecule is c1ccc(-c2ccc(-c3cc(-c4nc(-c5ccccc5)nc(-c5cccc(-c6ccc7ccccc7c6)c5)n4)c4oc5ccc6ccccc6c5c4c3)cc2)cc1. The molecule has 0 spiro atoms. The fourth-order valence-electron chi connectivity index (χ4n) is 8.02. The molecule has 11 rings (SSSR count). The molecule has 4 nitrogen and oxygen atoms in total. The number of nitrogens with zero attached hydrogens (tertiary/aromatic N) is 3. The maximum Gasteiger partial charge on any atom is 0.167 e. The molecular weight excluding hydrogens is 695 g/mol. The molecule has 0 saturated heterocycles. The second-order valence-corrected chi connectivity index (χ2v) is 14.4. The lowest BCUT2D eigenvalue weighted by atomic mass is 9.95. The Bertz CT molecular complexity index is 3280. The van der Waals surface area contributed by atoms with Crippen LogP contribution in [0.5, 0.6) is 0 Å². The Morgan fingerprint density at radius 1 is 0.298 bits per heavy atom. The van der Waals surface area contributed by atoms with Gasteiger partial charge in [0.25, 0.3) is 0 Å². The summed E-state index contributed by atoms with van der Waals surface area (Å²) in [6.45, 7) is 0. The topological polar surface area (TPSA) is 51.8 Å². The van der Waals surface area contributed by atoms with Crippen molar-refractivity contribution in [1.29, 1.82) is 0 Å². The van der Waals surface area contributed by atoms with Crippen LogP contribution in [0, 0.1) is 0 Å². The zero-order valence-electron chi connectivity index (χ0n) is 30.8. The fourth-order valence-corrected chi connectivity index (χ4v) is 8.02. The summed E-state index contributed by atoms with van der Waals surface area (Å²) in [5.41, 5.74) is 10.9. The van der Waals surface area contributed by atoms with E-state index in [0.29, 0.717) is 17.5 Å². The van der Waals surface area contributed by atoms with Crippen molar-refractivity contribution in [3.63, 3.8) is 0 Å². The molecule has 0 bridgehead atoms. The minimum atomic E-state index is 0.547. The Kier molecular flexibility index (Phi) is 7.78. The van der Waals surface area contributed by atoms with E-state index in [2.05, 4.69) is 164 Å². The molecule has 0 aliphatic heterocycles. The molecule has 4 heteroatoms. The highest BCUT2D eigenvalue weighted by Gasteiger charge is 2.21. The summed E-state index contributed by atoms with van der Waals surface area (Å²) in [7, 11) is 0. The molecule has 266 valence electrons. The Labute approximate surface area is 329 Å². The molecular formula is C53H33N3O. The van der Waals surface area contributed by atoms with Crippen LogP contribution in [0.3, 0.4) is 0 Å². The fraction of sp³-hybridized carbons (Fsp3) is 0. The molecule has 0 amide bonds.